The van der Waals surface area contributed by atoms with Gasteiger partial charge in [-0.2, -0.15) is 5.10 Å². The lowest BCUT2D eigenvalue weighted by atomic mass is 9.95. The fraction of sp³-hybridized carbons (Fsp3) is 0.389. The number of rotatable bonds is 2. The Morgan fingerprint density at radius 2 is 2.04 bits per heavy atom. The quantitative estimate of drug-likeness (QED) is 0.747. The monoisotopic (exact) mass is 413 g/mol. The van der Waals surface area contributed by atoms with Gasteiger partial charge in [0.05, 0.1) is 28.3 Å². The Morgan fingerprint density at radius 3 is 2.74 bits per heavy atom. The minimum absolute atomic E-state index is 0.0626. The van der Waals surface area contributed by atoms with E-state index in [1.54, 1.807) is 4.68 Å². The molecule has 1 atom stereocenters. The summed E-state index contributed by atoms with van der Waals surface area (Å²) in [6.45, 7) is 0.499. The van der Waals surface area contributed by atoms with Gasteiger partial charge in [0.2, 0.25) is 0 Å². The van der Waals surface area contributed by atoms with Gasteiger partial charge in [-0.05, 0) is 24.6 Å². The van der Waals surface area contributed by atoms with Crippen molar-refractivity contribution in [3.05, 3.63) is 50.8 Å². The molecule has 1 amide bonds. The van der Waals surface area contributed by atoms with Crippen LogP contribution in [0.3, 0.4) is 0 Å². The normalized spacial score (nSPS) is 19.2. The van der Waals surface area contributed by atoms with E-state index in [1.165, 1.54) is 18.2 Å². The highest BCUT2D eigenvalue weighted by atomic mass is 35.5. The van der Waals surface area contributed by atoms with Crippen LogP contribution in [0.2, 0.25) is 10.0 Å². The highest BCUT2D eigenvalue weighted by Gasteiger charge is 2.40. The van der Waals surface area contributed by atoms with Crippen LogP contribution in [0.4, 0.5) is 8.78 Å². The summed E-state index contributed by atoms with van der Waals surface area (Å²) in [4.78, 5) is 26.4. The van der Waals surface area contributed by atoms with Crippen LogP contribution >= 0.6 is 23.2 Å². The molecule has 1 aromatic carbocycles. The molecule has 0 aliphatic carbocycles. The number of benzene rings is 1. The van der Waals surface area contributed by atoms with Gasteiger partial charge in [0.15, 0.2) is 5.78 Å². The molecular weight excluding hydrogens is 399 g/mol. The smallest absolute Gasteiger partial charge is 0.259 e. The Labute approximate surface area is 163 Å². The third kappa shape index (κ3) is 3.12. The largest absolute Gasteiger partial charge is 0.325 e. The van der Waals surface area contributed by atoms with E-state index in [0.29, 0.717) is 36.3 Å². The summed E-state index contributed by atoms with van der Waals surface area (Å²) >= 11 is 11.8. The number of aryl methyl sites for hydroxylation is 1. The van der Waals surface area contributed by atoms with E-state index in [-0.39, 0.29) is 34.4 Å². The van der Waals surface area contributed by atoms with Gasteiger partial charge in [0, 0.05) is 30.5 Å². The Morgan fingerprint density at radius 1 is 1.26 bits per heavy atom. The molecule has 1 unspecified atom stereocenters. The van der Waals surface area contributed by atoms with Crippen molar-refractivity contribution in [2.75, 3.05) is 0 Å². The Kier molecular flexibility index (Phi) is 4.68. The number of Topliss-reactive ketones (excluding diaryl/α,β-unsaturated/α-hetero) is 1. The number of aromatic nitrogens is 2. The first kappa shape index (κ1) is 18.4. The minimum atomic E-state index is -2.74. The van der Waals surface area contributed by atoms with Crippen LogP contribution in [-0.4, -0.2) is 38.8 Å². The van der Waals surface area contributed by atoms with Gasteiger partial charge in [-0.3, -0.25) is 14.3 Å². The van der Waals surface area contributed by atoms with Crippen LogP contribution in [-0.2, 0) is 19.5 Å². The molecule has 2 aliphatic rings. The summed E-state index contributed by atoms with van der Waals surface area (Å²) in [5.41, 5.74) is 1.66. The van der Waals surface area contributed by atoms with Gasteiger partial charge in [-0.25, -0.2) is 8.78 Å². The topological polar surface area (TPSA) is 55.2 Å². The van der Waals surface area contributed by atoms with E-state index < -0.39 is 18.4 Å². The maximum absolute atomic E-state index is 13.7. The molecule has 4 rings (SSSR count). The zero-order chi connectivity index (χ0) is 19.3. The molecule has 0 bridgehead atoms. The molecule has 0 radical (unpaired) electrons. The Bertz CT molecular complexity index is 945. The van der Waals surface area contributed by atoms with E-state index in [2.05, 4.69) is 5.10 Å². The molecular formula is C18H15Cl2F2N3O2. The standard InChI is InChI=1S/C18H15Cl2F2N3O2/c19-11-4-3-9(6-12(11)20)18(27)24-8-10-13(7-14(24)17(21)22)23-25-5-1-2-15(26)16(10)25/h3-4,6,14,17H,1-2,5,7-8H2. The summed E-state index contributed by atoms with van der Waals surface area (Å²) < 4.78 is 29.0. The molecule has 27 heavy (non-hydrogen) atoms. The molecule has 0 saturated heterocycles. The third-order valence-electron chi connectivity index (χ3n) is 5.02. The highest BCUT2D eigenvalue weighted by molar-refractivity contribution is 6.42. The molecule has 0 fully saturated rings. The van der Waals surface area contributed by atoms with E-state index >= 15 is 0 Å². The van der Waals surface area contributed by atoms with Crippen molar-refractivity contribution in [2.24, 2.45) is 0 Å². The molecule has 2 aliphatic heterocycles. The van der Waals surface area contributed by atoms with Crippen molar-refractivity contribution >= 4 is 34.9 Å². The van der Waals surface area contributed by atoms with Crippen molar-refractivity contribution in [2.45, 2.75) is 44.8 Å². The summed E-state index contributed by atoms with van der Waals surface area (Å²) in [7, 11) is 0. The lowest BCUT2D eigenvalue weighted by molar-refractivity contribution is 0.0137. The zero-order valence-electron chi connectivity index (χ0n) is 14.1. The van der Waals surface area contributed by atoms with E-state index in [9.17, 15) is 18.4 Å². The highest BCUT2D eigenvalue weighted by Crippen LogP contribution is 2.33. The first-order valence-electron chi connectivity index (χ1n) is 8.52. The SMILES string of the molecule is O=C1CCCn2nc3c(c21)CN(C(=O)c1ccc(Cl)c(Cl)c1)C(C(F)F)C3. The molecule has 5 nitrogen and oxygen atoms in total. The number of ketones is 1. The summed E-state index contributed by atoms with van der Waals surface area (Å²) in [5, 5.41) is 4.80. The molecule has 1 aromatic heterocycles. The van der Waals surface area contributed by atoms with Crippen molar-refractivity contribution in [1.29, 1.82) is 0 Å². The van der Waals surface area contributed by atoms with Gasteiger partial charge in [-0.15, -0.1) is 0 Å². The van der Waals surface area contributed by atoms with Crippen LogP contribution in [0.5, 0.6) is 0 Å². The van der Waals surface area contributed by atoms with Crippen LogP contribution in [0.15, 0.2) is 18.2 Å². The zero-order valence-corrected chi connectivity index (χ0v) is 15.6. The van der Waals surface area contributed by atoms with Crippen LogP contribution in [0, 0.1) is 0 Å². The van der Waals surface area contributed by atoms with Gasteiger partial charge in [-0.1, -0.05) is 23.2 Å². The second-order valence-corrected chi connectivity index (χ2v) is 7.51. The molecule has 0 saturated carbocycles. The third-order valence-corrected chi connectivity index (χ3v) is 5.76. The lowest BCUT2D eigenvalue weighted by Gasteiger charge is -2.35. The maximum Gasteiger partial charge on any atom is 0.259 e. The van der Waals surface area contributed by atoms with Crippen LogP contribution < -0.4 is 0 Å². The van der Waals surface area contributed by atoms with Crippen molar-refractivity contribution < 1.29 is 18.4 Å². The number of halogens is 4. The van der Waals surface area contributed by atoms with Gasteiger partial charge < -0.3 is 4.90 Å². The first-order chi connectivity index (χ1) is 12.9. The predicted molar refractivity (Wildman–Crippen MR) is 95.6 cm³/mol. The predicted octanol–water partition coefficient (Wildman–Crippen LogP) is 4.00. The van der Waals surface area contributed by atoms with Crippen molar-refractivity contribution in [3.63, 3.8) is 0 Å². The van der Waals surface area contributed by atoms with Crippen molar-refractivity contribution in [3.8, 4) is 0 Å². The number of nitrogens with zero attached hydrogens (tertiary/aromatic N) is 3. The number of alkyl halides is 2. The molecule has 0 N–H and O–H groups in total. The summed E-state index contributed by atoms with van der Waals surface area (Å²) in [6, 6.07) is 2.96. The number of carbonyl (C=O) groups is 2. The lowest BCUT2D eigenvalue weighted by Crippen LogP contribution is -2.48. The molecule has 142 valence electrons. The molecule has 2 aromatic rings. The van der Waals surface area contributed by atoms with Crippen molar-refractivity contribution in [1.82, 2.24) is 14.7 Å². The number of carbonyl (C=O) groups excluding carboxylic acids is 2. The summed E-state index contributed by atoms with van der Waals surface area (Å²) in [6.07, 6.45) is -1.75. The summed E-state index contributed by atoms with van der Waals surface area (Å²) in [5.74, 6) is -0.639. The Hall–Kier alpha value is -1.99. The maximum atomic E-state index is 13.7. The van der Waals surface area contributed by atoms with E-state index in [4.69, 9.17) is 23.2 Å². The number of hydrogen-bond donors (Lipinski definition) is 0. The minimum Gasteiger partial charge on any atom is -0.325 e. The fourth-order valence-electron chi connectivity index (χ4n) is 3.70. The second-order valence-electron chi connectivity index (χ2n) is 6.69. The average molecular weight is 414 g/mol. The second kappa shape index (κ2) is 6.87. The van der Waals surface area contributed by atoms with Gasteiger partial charge >= 0.3 is 0 Å². The molecule has 0 spiro atoms. The molecule has 9 heteroatoms. The fourth-order valence-corrected chi connectivity index (χ4v) is 4.00. The van der Waals surface area contributed by atoms with Crippen LogP contribution in [0.25, 0.3) is 0 Å². The molecule has 3 heterocycles. The van der Waals surface area contributed by atoms with Gasteiger partial charge in [0.25, 0.3) is 12.3 Å². The number of fused-ring (bicyclic) bond motifs is 3. The first-order valence-corrected chi connectivity index (χ1v) is 9.28. The number of hydrogen-bond acceptors (Lipinski definition) is 3. The number of amides is 1. The van der Waals surface area contributed by atoms with Gasteiger partial charge in [0.1, 0.15) is 5.69 Å². The van der Waals surface area contributed by atoms with Crippen LogP contribution in [0.1, 0.15) is 44.9 Å². The average Bonchev–Trinajstić information content (AvgIpc) is 3.01. The van der Waals surface area contributed by atoms with E-state index in [0.717, 1.165) is 4.90 Å². The Balaban J connectivity index is 1.74. The van der Waals surface area contributed by atoms with E-state index in [1.807, 2.05) is 0 Å².